The zero-order chi connectivity index (χ0) is 13.8. The first kappa shape index (κ1) is 14.1. The smallest absolute Gasteiger partial charge is 0.337 e. The minimum absolute atomic E-state index is 0.213. The summed E-state index contributed by atoms with van der Waals surface area (Å²) in [5, 5.41) is 2.69. The Balaban J connectivity index is 3.19. The molecule has 0 spiro atoms. The molecule has 18 heavy (non-hydrogen) atoms. The Labute approximate surface area is 104 Å². The van der Waals surface area contributed by atoms with Gasteiger partial charge in [-0.3, -0.25) is 4.72 Å². The van der Waals surface area contributed by atoms with E-state index in [1.54, 1.807) is 0 Å². The highest BCUT2D eigenvalue weighted by molar-refractivity contribution is 7.92. The van der Waals surface area contributed by atoms with Crippen LogP contribution >= 0.6 is 0 Å². The molecule has 0 atom stereocenters. The van der Waals surface area contributed by atoms with Gasteiger partial charge in [0.2, 0.25) is 10.0 Å². The number of hydrogen-bond acceptors (Lipinski definition) is 6. The number of nitrogens with one attached hydrogen (secondary N) is 1. The fourth-order valence-corrected chi connectivity index (χ4v) is 1.94. The number of ether oxygens (including phenoxy) is 1. The van der Waals surface area contributed by atoms with Gasteiger partial charge in [0, 0.05) is 5.56 Å². The van der Waals surface area contributed by atoms with Crippen LogP contribution in [0.25, 0.3) is 0 Å². The molecule has 0 bridgehead atoms. The molecular formula is C10H12N2O5S. The minimum Gasteiger partial charge on any atom is -0.465 e. The van der Waals surface area contributed by atoms with Gasteiger partial charge in [-0.1, -0.05) is 5.18 Å². The van der Waals surface area contributed by atoms with E-state index in [1.807, 2.05) is 0 Å². The van der Waals surface area contributed by atoms with E-state index < -0.39 is 16.0 Å². The molecule has 0 aromatic heterocycles. The number of methoxy groups -OCH3 is 1. The number of anilines is 1. The number of esters is 1. The molecule has 0 unspecified atom stereocenters. The average molecular weight is 272 g/mol. The van der Waals surface area contributed by atoms with E-state index in [-0.39, 0.29) is 17.8 Å². The summed E-state index contributed by atoms with van der Waals surface area (Å²) in [6.45, 7) is -0.247. The number of sulfonamides is 1. The molecule has 0 radical (unpaired) electrons. The molecule has 0 aliphatic rings. The zero-order valence-corrected chi connectivity index (χ0v) is 10.7. The predicted molar refractivity (Wildman–Crippen MR) is 65.7 cm³/mol. The molecule has 0 fully saturated rings. The Morgan fingerprint density at radius 2 is 2.11 bits per heavy atom. The van der Waals surface area contributed by atoms with Crippen molar-refractivity contribution in [2.75, 3.05) is 18.1 Å². The summed E-state index contributed by atoms with van der Waals surface area (Å²) in [5.41, 5.74) is 0.735. The number of nitrogens with zero attached hydrogens (tertiary/aromatic N) is 1. The molecular weight excluding hydrogens is 260 g/mol. The molecule has 1 aromatic carbocycles. The van der Waals surface area contributed by atoms with Crippen LogP contribution in [0, 0.1) is 4.91 Å². The lowest BCUT2D eigenvalue weighted by Gasteiger charge is -2.09. The van der Waals surface area contributed by atoms with Crippen LogP contribution in [0.4, 0.5) is 5.69 Å². The Kier molecular flexibility index (Phi) is 4.38. The van der Waals surface area contributed by atoms with E-state index in [2.05, 4.69) is 14.6 Å². The molecule has 7 nitrogen and oxygen atoms in total. The van der Waals surface area contributed by atoms with Crippen molar-refractivity contribution >= 4 is 21.7 Å². The topological polar surface area (TPSA) is 102 Å². The Bertz CT molecular complexity index is 568. The summed E-state index contributed by atoms with van der Waals surface area (Å²) >= 11 is 0. The van der Waals surface area contributed by atoms with Crippen LogP contribution in [-0.2, 0) is 21.3 Å². The summed E-state index contributed by atoms with van der Waals surface area (Å²) in [6, 6.07) is 4.14. The minimum atomic E-state index is -3.47. The fraction of sp³-hybridized carbons (Fsp3) is 0.300. The number of rotatable bonds is 5. The van der Waals surface area contributed by atoms with Crippen LogP contribution in [0.2, 0.25) is 0 Å². The lowest BCUT2D eigenvalue weighted by atomic mass is 10.1. The number of carbonyl (C=O) groups is 1. The Morgan fingerprint density at radius 1 is 1.44 bits per heavy atom. The summed E-state index contributed by atoms with van der Waals surface area (Å²) in [6.07, 6.45) is 0.985. The highest BCUT2D eigenvalue weighted by atomic mass is 32.2. The van der Waals surface area contributed by atoms with E-state index >= 15 is 0 Å². The maximum absolute atomic E-state index is 11.3. The zero-order valence-electron chi connectivity index (χ0n) is 9.84. The third-order valence-corrected chi connectivity index (χ3v) is 2.65. The van der Waals surface area contributed by atoms with Gasteiger partial charge in [0.15, 0.2) is 0 Å². The van der Waals surface area contributed by atoms with Gasteiger partial charge in [0.05, 0.1) is 24.6 Å². The van der Waals surface area contributed by atoms with Crippen molar-refractivity contribution in [3.8, 4) is 0 Å². The van der Waals surface area contributed by atoms with Crippen molar-refractivity contribution in [1.29, 1.82) is 0 Å². The van der Waals surface area contributed by atoms with E-state index in [4.69, 9.17) is 0 Å². The van der Waals surface area contributed by atoms with E-state index in [0.717, 1.165) is 6.26 Å². The summed E-state index contributed by atoms with van der Waals surface area (Å²) < 4.78 is 29.0. The maximum Gasteiger partial charge on any atom is 0.337 e. The second kappa shape index (κ2) is 5.58. The predicted octanol–water partition coefficient (Wildman–Crippen LogP) is 1.11. The monoisotopic (exact) mass is 272 g/mol. The average Bonchev–Trinajstić information content (AvgIpc) is 2.29. The molecule has 0 saturated carbocycles. The van der Waals surface area contributed by atoms with Crippen molar-refractivity contribution < 1.29 is 17.9 Å². The number of benzene rings is 1. The van der Waals surface area contributed by atoms with Gasteiger partial charge in [-0.2, -0.15) is 4.91 Å². The van der Waals surface area contributed by atoms with Gasteiger partial charge >= 0.3 is 5.97 Å². The quantitative estimate of drug-likeness (QED) is 0.639. The highest BCUT2D eigenvalue weighted by Gasteiger charge is 2.12. The Morgan fingerprint density at radius 3 is 2.61 bits per heavy atom. The second-order valence-corrected chi connectivity index (χ2v) is 5.27. The van der Waals surface area contributed by atoms with Gasteiger partial charge in [-0.05, 0) is 18.2 Å². The SMILES string of the molecule is COC(=O)c1ccc(NS(C)(=O)=O)c(CN=O)c1. The van der Waals surface area contributed by atoms with Crippen LogP contribution in [0.15, 0.2) is 23.4 Å². The highest BCUT2D eigenvalue weighted by Crippen LogP contribution is 2.20. The van der Waals surface area contributed by atoms with Crippen molar-refractivity contribution in [3.63, 3.8) is 0 Å². The van der Waals surface area contributed by atoms with Crippen molar-refractivity contribution in [3.05, 3.63) is 34.2 Å². The molecule has 0 saturated heterocycles. The molecule has 1 N–H and O–H groups in total. The van der Waals surface area contributed by atoms with Crippen LogP contribution < -0.4 is 4.72 Å². The van der Waals surface area contributed by atoms with Gasteiger partial charge in [-0.25, -0.2) is 13.2 Å². The molecule has 0 heterocycles. The van der Waals surface area contributed by atoms with E-state index in [0.29, 0.717) is 5.56 Å². The van der Waals surface area contributed by atoms with Gasteiger partial charge in [-0.15, -0.1) is 0 Å². The van der Waals surface area contributed by atoms with E-state index in [1.165, 1.54) is 25.3 Å². The van der Waals surface area contributed by atoms with Crippen LogP contribution in [0.5, 0.6) is 0 Å². The molecule has 8 heteroatoms. The summed E-state index contributed by atoms with van der Waals surface area (Å²) in [7, 11) is -2.24. The largest absolute Gasteiger partial charge is 0.465 e. The molecule has 1 aromatic rings. The van der Waals surface area contributed by atoms with Gasteiger partial charge < -0.3 is 4.74 Å². The normalized spacial score (nSPS) is 10.8. The van der Waals surface area contributed by atoms with Gasteiger partial charge in [0.25, 0.3) is 0 Å². The molecule has 0 aliphatic carbocycles. The van der Waals surface area contributed by atoms with Crippen LogP contribution in [-0.4, -0.2) is 27.8 Å². The third-order valence-electron chi connectivity index (χ3n) is 2.06. The standard InChI is InChI=1S/C10H12N2O5S/c1-17-10(13)7-3-4-9(12-18(2,15)16)8(5-7)6-11-14/h3-5,12H,6H2,1-2H3. The first-order chi connectivity index (χ1) is 8.37. The van der Waals surface area contributed by atoms with Crippen LogP contribution in [0.3, 0.4) is 0 Å². The lowest BCUT2D eigenvalue weighted by Crippen LogP contribution is -2.12. The molecule has 1 rings (SSSR count). The van der Waals surface area contributed by atoms with Gasteiger partial charge in [0.1, 0.15) is 6.54 Å². The first-order valence-electron chi connectivity index (χ1n) is 4.85. The molecule has 0 amide bonds. The summed E-state index contributed by atoms with van der Waals surface area (Å²) in [5.74, 6) is -0.576. The summed E-state index contributed by atoms with van der Waals surface area (Å²) in [4.78, 5) is 21.6. The number of hydrogen-bond donors (Lipinski definition) is 1. The first-order valence-corrected chi connectivity index (χ1v) is 6.74. The lowest BCUT2D eigenvalue weighted by molar-refractivity contribution is 0.0600. The number of nitroso groups, excluding NO2 is 1. The Hall–Kier alpha value is -1.96. The van der Waals surface area contributed by atoms with Crippen LogP contribution in [0.1, 0.15) is 15.9 Å². The number of carbonyl (C=O) groups excluding carboxylic acids is 1. The fourth-order valence-electron chi connectivity index (χ4n) is 1.34. The van der Waals surface area contributed by atoms with Crippen molar-refractivity contribution in [2.45, 2.75) is 6.54 Å². The maximum atomic E-state index is 11.3. The van der Waals surface area contributed by atoms with E-state index in [9.17, 15) is 18.1 Å². The van der Waals surface area contributed by atoms with Crippen molar-refractivity contribution in [1.82, 2.24) is 0 Å². The third kappa shape index (κ3) is 3.81. The van der Waals surface area contributed by atoms with Crippen molar-refractivity contribution in [2.24, 2.45) is 5.18 Å². The second-order valence-electron chi connectivity index (χ2n) is 3.52. The molecule has 0 aliphatic heterocycles. The molecule has 98 valence electrons.